The van der Waals surface area contributed by atoms with Gasteiger partial charge in [0.2, 0.25) is 0 Å². The topological polar surface area (TPSA) is 20.2 Å². The van der Waals surface area contributed by atoms with Crippen molar-refractivity contribution in [3.63, 3.8) is 0 Å². The molecule has 0 aromatic heterocycles. The van der Waals surface area contributed by atoms with Crippen molar-refractivity contribution in [2.45, 2.75) is 46.1 Å². The van der Waals surface area contributed by atoms with E-state index in [4.69, 9.17) is 0 Å². The molecular weight excluding hydrogens is 148 g/mol. The van der Waals surface area contributed by atoms with E-state index in [9.17, 15) is 5.11 Å². The number of aliphatic hydroxyl groups is 1. The van der Waals surface area contributed by atoms with E-state index in [-0.39, 0.29) is 5.60 Å². The first kappa shape index (κ1) is 8.55. The molecule has 70 valence electrons. The van der Waals surface area contributed by atoms with Gasteiger partial charge in [0, 0.05) is 0 Å². The summed E-state index contributed by atoms with van der Waals surface area (Å²) in [5.74, 6) is 2.00. The maximum absolute atomic E-state index is 10.1. The van der Waals surface area contributed by atoms with Gasteiger partial charge < -0.3 is 5.11 Å². The van der Waals surface area contributed by atoms with E-state index in [0.717, 1.165) is 12.3 Å². The molecule has 2 rings (SSSR count). The van der Waals surface area contributed by atoms with Gasteiger partial charge in [0.15, 0.2) is 0 Å². The Labute approximate surface area is 75.2 Å². The van der Waals surface area contributed by atoms with Crippen LogP contribution < -0.4 is 0 Å². The highest BCUT2D eigenvalue weighted by atomic mass is 16.3. The molecule has 12 heavy (non-hydrogen) atoms. The highest BCUT2D eigenvalue weighted by molar-refractivity contribution is 5.09. The van der Waals surface area contributed by atoms with Crippen molar-refractivity contribution < 1.29 is 5.11 Å². The zero-order valence-electron chi connectivity index (χ0n) is 8.59. The summed E-state index contributed by atoms with van der Waals surface area (Å²) in [7, 11) is 0. The summed E-state index contributed by atoms with van der Waals surface area (Å²) < 4.78 is 0. The van der Waals surface area contributed by atoms with Gasteiger partial charge in [-0.05, 0) is 42.9 Å². The lowest BCUT2D eigenvalue weighted by Crippen LogP contribution is -2.42. The average molecular weight is 168 g/mol. The lowest BCUT2D eigenvalue weighted by atomic mass is 9.65. The Hall–Kier alpha value is -0.0400. The van der Waals surface area contributed by atoms with Gasteiger partial charge in [-0.25, -0.2) is 0 Å². The Morgan fingerprint density at radius 3 is 2.17 bits per heavy atom. The van der Waals surface area contributed by atoms with Crippen LogP contribution in [0, 0.1) is 23.2 Å². The van der Waals surface area contributed by atoms with Gasteiger partial charge >= 0.3 is 0 Å². The lowest BCUT2D eigenvalue weighted by molar-refractivity contribution is -0.0537. The normalized spacial score (nSPS) is 56.2. The Balaban J connectivity index is 2.30. The van der Waals surface area contributed by atoms with Crippen LogP contribution in [0.4, 0.5) is 0 Å². The Morgan fingerprint density at radius 1 is 1.25 bits per heavy atom. The first-order valence-corrected chi connectivity index (χ1v) is 5.08. The van der Waals surface area contributed by atoms with Crippen LogP contribution in [0.5, 0.6) is 0 Å². The molecule has 2 aliphatic carbocycles. The van der Waals surface area contributed by atoms with Crippen LogP contribution in [0.2, 0.25) is 0 Å². The Morgan fingerprint density at radius 2 is 1.83 bits per heavy atom. The molecule has 4 atom stereocenters. The summed E-state index contributed by atoms with van der Waals surface area (Å²) in [6, 6.07) is 0. The molecule has 0 spiro atoms. The van der Waals surface area contributed by atoms with Gasteiger partial charge in [-0.15, -0.1) is 0 Å². The van der Waals surface area contributed by atoms with Crippen LogP contribution in [0.3, 0.4) is 0 Å². The van der Waals surface area contributed by atoms with Crippen LogP contribution in [0.15, 0.2) is 0 Å². The minimum Gasteiger partial charge on any atom is -0.390 e. The minimum atomic E-state index is -0.362. The molecule has 1 nitrogen and oxygen atoms in total. The third-order valence-electron chi connectivity index (χ3n) is 4.83. The van der Waals surface area contributed by atoms with Crippen molar-refractivity contribution in [1.82, 2.24) is 0 Å². The van der Waals surface area contributed by atoms with Crippen molar-refractivity contribution in [1.29, 1.82) is 0 Å². The summed E-state index contributed by atoms with van der Waals surface area (Å²) in [6.45, 7) is 9.04. The largest absolute Gasteiger partial charge is 0.390 e. The molecule has 1 N–H and O–H groups in total. The van der Waals surface area contributed by atoms with Crippen molar-refractivity contribution >= 4 is 0 Å². The average Bonchev–Trinajstić information content (AvgIpc) is 2.31. The molecule has 2 saturated carbocycles. The molecule has 0 aromatic rings. The van der Waals surface area contributed by atoms with Crippen LogP contribution in [0.1, 0.15) is 40.5 Å². The second kappa shape index (κ2) is 2.06. The third kappa shape index (κ3) is 0.834. The van der Waals surface area contributed by atoms with Gasteiger partial charge in [0.1, 0.15) is 0 Å². The fraction of sp³-hybridized carbons (Fsp3) is 1.00. The quantitative estimate of drug-likeness (QED) is 0.589. The number of fused-ring (bicyclic) bond motifs is 2. The molecule has 0 radical (unpaired) electrons. The maximum Gasteiger partial charge on any atom is 0.0653 e. The predicted molar refractivity (Wildman–Crippen MR) is 49.8 cm³/mol. The molecule has 0 amide bonds. The molecule has 2 fully saturated rings. The van der Waals surface area contributed by atoms with Crippen LogP contribution in [-0.4, -0.2) is 10.7 Å². The van der Waals surface area contributed by atoms with Gasteiger partial charge in [-0.2, -0.15) is 0 Å². The molecule has 0 saturated heterocycles. The molecular formula is C11H20O. The highest BCUT2D eigenvalue weighted by Gasteiger charge is 2.59. The van der Waals surface area contributed by atoms with E-state index in [1.807, 2.05) is 6.92 Å². The summed E-state index contributed by atoms with van der Waals surface area (Å²) in [5, 5.41) is 10.1. The molecule has 2 bridgehead atoms. The molecule has 0 aliphatic heterocycles. The smallest absolute Gasteiger partial charge is 0.0653 e. The van der Waals surface area contributed by atoms with E-state index < -0.39 is 0 Å². The maximum atomic E-state index is 10.1. The molecule has 0 aromatic carbocycles. The second-order valence-corrected chi connectivity index (χ2v) is 5.71. The summed E-state index contributed by atoms with van der Waals surface area (Å²) in [6.07, 6.45) is 2.27. The van der Waals surface area contributed by atoms with Crippen molar-refractivity contribution in [2.24, 2.45) is 23.2 Å². The van der Waals surface area contributed by atoms with Gasteiger partial charge in [-0.3, -0.25) is 0 Å². The van der Waals surface area contributed by atoms with E-state index in [0.29, 0.717) is 17.3 Å². The predicted octanol–water partition coefficient (Wildman–Crippen LogP) is 2.44. The highest BCUT2D eigenvalue weighted by Crippen LogP contribution is 2.62. The summed E-state index contributed by atoms with van der Waals surface area (Å²) in [4.78, 5) is 0. The zero-order valence-corrected chi connectivity index (χ0v) is 8.59. The monoisotopic (exact) mass is 168 g/mol. The van der Waals surface area contributed by atoms with E-state index in [1.54, 1.807) is 0 Å². The number of hydrogen-bond acceptors (Lipinski definition) is 1. The Bertz CT molecular complexity index is 201. The lowest BCUT2D eigenvalue weighted by Gasteiger charge is -2.43. The van der Waals surface area contributed by atoms with E-state index in [2.05, 4.69) is 20.8 Å². The third-order valence-corrected chi connectivity index (χ3v) is 4.83. The van der Waals surface area contributed by atoms with E-state index >= 15 is 0 Å². The molecule has 2 aliphatic rings. The van der Waals surface area contributed by atoms with Crippen molar-refractivity contribution in [3.8, 4) is 0 Å². The number of rotatable bonds is 0. The molecule has 0 heterocycles. The first-order chi connectivity index (χ1) is 5.36. The van der Waals surface area contributed by atoms with Crippen LogP contribution in [0.25, 0.3) is 0 Å². The van der Waals surface area contributed by atoms with Gasteiger partial charge in [0.25, 0.3) is 0 Å². The Kier molecular flexibility index (Phi) is 1.47. The van der Waals surface area contributed by atoms with Crippen LogP contribution >= 0.6 is 0 Å². The molecule has 1 heteroatoms. The fourth-order valence-corrected chi connectivity index (χ4v) is 3.49. The van der Waals surface area contributed by atoms with Crippen molar-refractivity contribution in [3.05, 3.63) is 0 Å². The second-order valence-electron chi connectivity index (χ2n) is 5.71. The SMILES string of the molecule is C[C@H]1[C@@H]2C[C@H](C[C@]2(C)O)C1(C)C. The van der Waals surface area contributed by atoms with Gasteiger partial charge in [0.05, 0.1) is 5.60 Å². The van der Waals surface area contributed by atoms with Crippen LogP contribution in [-0.2, 0) is 0 Å². The van der Waals surface area contributed by atoms with Crippen molar-refractivity contribution in [2.75, 3.05) is 0 Å². The minimum absolute atomic E-state index is 0.362. The molecule has 0 unspecified atom stereocenters. The first-order valence-electron chi connectivity index (χ1n) is 5.08. The zero-order chi connectivity index (χ0) is 9.15. The number of hydrogen-bond donors (Lipinski definition) is 1. The standard InChI is InChI=1S/C11H20O/c1-7-9-5-8(10(7,2)3)6-11(9,4)12/h7-9,12H,5-6H2,1-4H3/t7-,8+,9-,11-/m0/s1. The summed E-state index contributed by atoms with van der Waals surface area (Å²) in [5.41, 5.74) is 0.104. The van der Waals surface area contributed by atoms with E-state index in [1.165, 1.54) is 6.42 Å². The fourth-order valence-electron chi connectivity index (χ4n) is 3.49. The summed E-state index contributed by atoms with van der Waals surface area (Å²) >= 11 is 0. The van der Waals surface area contributed by atoms with Gasteiger partial charge in [-0.1, -0.05) is 20.8 Å².